The lowest BCUT2D eigenvalue weighted by Gasteiger charge is -2.32. The predicted octanol–water partition coefficient (Wildman–Crippen LogP) is 2.60. The SMILES string of the molecule is COc1ccc(C(C)(C)C2(N)CC2)cc1F. The third kappa shape index (κ3) is 1.59. The highest BCUT2D eigenvalue weighted by atomic mass is 19.1. The summed E-state index contributed by atoms with van der Waals surface area (Å²) in [6.07, 6.45) is 2.02. The third-order valence-corrected chi connectivity index (χ3v) is 3.91. The summed E-state index contributed by atoms with van der Waals surface area (Å²) in [5.41, 5.74) is 6.79. The van der Waals surface area contributed by atoms with Crippen LogP contribution >= 0.6 is 0 Å². The van der Waals surface area contributed by atoms with E-state index in [1.807, 2.05) is 6.07 Å². The minimum atomic E-state index is -0.322. The largest absolute Gasteiger partial charge is 0.494 e. The van der Waals surface area contributed by atoms with Crippen LogP contribution in [0.1, 0.15) is 32.3 Å². The molecule has 2 nitrogen and oxygen atoms in total. The van der Waals surface area contributed by atoms with E-state index in [1.54, 1.807) is 6.07 Å². The fraction of sp³-hybridized carbons (Fsp3) is 0.538. The summed E-state index contributed by atoms with van der Waals surface area (Å²) in [6.45, 7) is 4.14. The first-order chi connectivity index (χ1) is 7.40. The van der Waals surface area contributed by atoms with Gasteiger partial charge in [-0.3, -0.25) is 0 Å². The van der Waals surface area contributed by atoms with Crippen molar-refractivity contribution < 1.29 is 9.13 Å². The Morgan fingerprint density at radius 1 is 1.38 bits per heavy atom. The molecule has 3 heteroatoms. The second-order valence-electron chi connectivity index (χ2n) is 5.13. The molecule has 0 unspecified atom stereocenters. The first-order valence-corrected chi connectivity index (χ1v) is 5.54. The van der Waals surface area contributed by atoms with E-state index < -0.39 is 0 Å². The van der Waals surface area contributed by atoms with Gasteiger partial charge in [0, 0.05) is 11.0 Å². The summed E-state index contributed by atoms with van der Waals surface area (Å²) in [6, 6.07) is 5.10. The highest BCUT2D eigenvalue weighted by Gasteiger charge is 2.51. The summed E-state index contributed by atoms with van der Waals surface area (Å²) < 4.78 is 18.5. The smallest absolute Gasteiger partial charge is 0.165 e. The van der Waals surface area contributed by atoms with Crippen LogP contribution in [-0.2, 0) is 5.41 Å². The van der Waals surface area contributed by atoms with E-state index in [0.717, 1.165) is 18.4 Å². The molecule has 1 aliphatic rings. The minimum absolute atomic E-state index is 0.173. The van der Waals surface area contributed by atoms with Crippen molar-refractivity contribution in [3.05, 3.63) is 29.6 Å². The summed E-state index contributed by atoms with van der Waals surface area (Å²) in [5, 5.41) is 0. The molecule has 1 aliphatic carbocycles. The van der Waals surface area contributed by atoms with Crippen molar-refractivity contribution in [3.63, 3.8) is 0 Å². The molecule has 0 aliphatic heterocycles. The van der Waals surface area contributed by atoms with Crippen molar-refractivity contribution in [1.82, 2.24) is 0 Å². The van der Waals surface area contributed by atoms with Crippen molar-refractivity contribution in [1.29, 1.82) is 0 Å². The van der Waals surface area contributed by atoms with Gasteiger partial charge in [0.1, 0.15) is 0 Å². The van der Waals surface area contributed by atoms with Gasteiger partial charge >= 0.3 is 0 Å². The van der Waals surface area contributed by atoms with Crippen LogP contribution in [0, 0.1) is 5.82 Å². The van der Waals surface area contributed by atoms with Gasteiger partial charge in [0.25, 0.3) is 0 Å². The normalized spacial score (nSPS) is 18.3. The Morgan fingerprint density at radius 2 is 2.00 bits per heavy atom. The second-order valence-corrected chi connectivity index (χ2v) is 5.13. The lowest BCUT2D eigenvalue weighted by molar-refractivity contribution is 0.374. The molecule has 1 fully saturated rings. The number of hydrogen-bond donors (Lipinski definition) is 1. The molecular weight excluding hydrogens is 205 g/mol. The Hall–Kier alpha value is -1.09. The van der Waals surface area contributed by atoms with Crippen LogP contribution in [-0.4, -0.2) is 12.6 Å². The van der Waals surface area contributed by atoms with Crippen LogP contribution in [0.15, 0.2) is 18.2 Å². The summed E-state index contributed by atoms with van der Waals surface area (Å²) in [4.78, 5) is 0. The van der Waals surface area contributed by atoms with Gasteiger partial charge in [0.2, 0.25) is 0 Å². The molecule has 0 amide bonds. The number of hydrogen-bond acceptors (Lipinski definition) is 2. The molecule has 1 aromatic rings. The quantitative estimate of drug-likeness (QED) is 0.854. The van der Waals surface area contributed by atoms with Crippen molar-refractivity contribution in [2.75, 3.05) is 7.11 Å². The molecule has 88 valence electrons. The molecule has 1 aromatic carbocycles. The number of ether oxygens (including phenoxy) is 1. The number of halogens is 1. The Kier molecular flexibility index (Phi) is 2.46. The second kappa shape index (κ2) is 3.45. The topological polar surface area (TPSA) is 35.2 Å². The zero-order valence-corrected chi connectivity index (χ0v) is 10.0. The van der Waals surface area contributed by atoms with E-state index >= 15 is 0 Å². The molecule has 1 saturated carbocycles. The van der Waals surface area contributed by atoms with Gasteiger partial charge in [-0.1, -0.05) is 19.9 Å². The van der Waals surface area contributed by atoms with Crippen LogP contribution < -0.4 is 10.5 Å². The average Bonchev–Trinajstić information content (AvgIpc) is 2.98. The third-order valence-electron chi connectivity index (χ3n) is 3.91. The molecule has 2 N–H and O–H groups in total. The monoisotopic (exact) mass is 223 g/mol. The lowest BCUT2D eigenvalue weighted by Crippen LogP contribution is -2.43. The highest BCUT2D eigenvalue weighted by Crippen LogP contribution is 2.49. The summed E-state index contributed by atoms with van der Waals surface area (Å²) in [7, 11) is 1.47. The summed E-state index contributed by atoms with van der Waals surface area (Å²) >= 11 is 0. The number of benzene rings is 1. The van der Waals surface area contributed by atoms with Crippen molar-refractivity contribution in [2.45, 2.75) is 37.6 Å². The number of nitrogens with two attached hydrogens (primary N) is 1. The van der Waals surface area contributed by atoms with Gasteiger partial charge in [-0.05, 0) is 30.5 Å². The van der Waals surface area contributed by atoms with E-state index in [2.05, 4.69) is 13.8 Å². The van der Waals surface area contributed by atoms with E-state index in [-0.39, 0.29) is 22.5 Å². The molecule has 2 rings (SSSR count). The minimum Gasteiger partial charge on any atom is -0.494 e. The van der Waals surface area contributed by atoms with E-state index in [9.17, 15) is 4.39 Å². The van der Waals surface area contributed by atoms with Crippen LogP contribution in [0.5, 0.6) is 5.75 Å². The van der Waals surface area contributed by atoms with E-state index in [1.165, 1.54) is 13.2 Å². The maximum Gasteiger partial charge on any atom is 0.165 e. The summed E-state index contributed by atoms with van der Waals surface area (Å²) in [5.74, 6) is -0.0428. The molecular formula is C13H18FNO. The first-order valence-electron chi connectivity index (χ1n) is 5.54. The lowest BCUT2D eigenvalue weighted by atomic mass is 9.76. The predicted molar refractivity (Wildman–Crippen MR) is 62.1 cm³/mol. The molecule has 16 heavy (non-hydrogen) atoms. The van der Waals surface area contributed by atoms with Gasteiger partial charge < -0.3 is 10.5 Å². The van der Waals surface area contributed by atoms with Crippen molar-refractivity contribution in [3.8, 4) is 5.75 Å². The van der Waals surface area contributed by atoms with Crippen LogP contribution in [0.3, 0.4) is 0 Å². The molecule has 0 radical (unpaired) electrons. The average molecular weight is 223 g/mol. The molecule has 0 spiro atoms. The molecule has 0 bridgehead atoms. The fourth-order valence-corrected chi connectivity index (χ4v) is 2.10. The molecule has 0 saturated heterocycles. The molecule has 0 atom stereocenters. The Labute approximate surface area is 95.6 Å². The Balaban J connectivity index is 2.37. The van der Waals surface area contributed by atoms with E-state index in [0.29, 0.717) is 0 Å². The Bertz CT molecular complexity index is 410. The first kappa shape index (κ1) is 11.4. The zero-order chi connectivity index (χ0) is 12.0. The molecule has 0 aromatic heterocycles. The van der Waals surface area contributed by atoms with Gasteiger partial charge in [0.15, 0.2) is 11.6 Å². The van der Waals surface area contributed by atoms with Crippen LogP contribution in [0.25, 0.3) is 0 Å². The van der Waals surface area contributed by atoms with Crippen molar-refractivity contribution in [2.24, 2.45) is 5.73 Å². The van der Waals surface area contributed by atoms with Gasteiger partial charge in [-0.2, -0.15) is 0 Å². The number of rotatable bonds is 3. The van der Waals surface area contributed by atoms with E-state index in [4.69, 9.17) is 10.5 Å². The zero-order valence-electron chi connectivity index (χ0n) is 10.0. The van der Waals surface area contributed by atoms with Gasteiger partial charge in [-0.15, -0.1) is 0 Å². The van der Waals surface area contributed by atoms with Gasteiger partial charge in [-0.25, -0.2) is 4.39 Å². The fourth-order valence-electron chi connectivity index (χ4n) is 2.10. The van der Waals surface area contributed by atoms with Crippen molar-refractivity contribution >= 4 is 0 Å². The number of methoxy groups -OCH3 is 1. The molecule has 0 heterocycles. The van der Waals surface area contributed by atoms with Crippen LogP contribution in [0.2, 0.25) is 0 Å². The maximum atomic E-state index is 13.6. The Morgan fingerprint density at radius 3 is 2.44 bits per heavy atom. The van der Waals surface area contributed by atoms with Crippen LogP contribution in [0.4, 0.5) is 4.39 Å². The van der Waals surface area contributed by atoms with Gasteiger partial charge in [0.05, 0.1) is 7.11 Å². The maximum absolute atomic E-state index is 13.6. The standard InChI is InChI=1S/C13H18FNO/c1-12(2,13(15)6-7-13)9-4-5-11(16-3)10(14)8-9/h4-5,8H,6-7,15H2,1-3H3. The highest BCUT2D eigenvalue weighted by molar-refractivity contribution is 5.37.